The molecular weight excluding hydrogens is 335 g/mol. The van der Waals surface area contributed by atoms with Crippen molar-refractivity contribution in [1.82, 2.24) is 19.7 Å². The van der Waals surface area contributed by atoms with Crippen LogP contribution in [-0.4, -0.2) is 39.7 Å². The number of aryl methyl sites for hydroxylation is 3. The first-order valence-electron chi connectivity index (χ1n) is 8.20. The molecule has 3 rings (SSSR count). The fourth-order valence-corrected chi connectivity index (χ4v) is 3.10. The van der Waals surface area contributed by atoms with E-state index in [0.29, 0.717) is 16.8 Å². The quantitative estimate of drug-likeness (QED) is 0.721. The summed E-state index contributed by atoms with van der Waals surface area (Å²) in [6, 6.07) is 6.45. The van der Waals surface area contributed by atoms with Gasteiger partial charge in [-0.1, -0.05) is 6.07 Å². The number of pyridine rings is 1. The predicted molar refractivity (Wildman–Crippen MR) is 96.7 cm³/mol. The molecular formula is C19H21FN4O2. The van der Waals surface area contributed by atoms with Gasteiger partial charge in [-0.25, -0.2) is 9.37 Å². The van der Waals surface area contributed by atoms with Gasteiger partial charge in [-0.05, 0) is 37.6 Å². The number of benzene rings is 1. The molecule has 0 aliphatic rings. The van der Waals surface area contributed by atoms with Gasteiger partial charge in [-0.15, -0.1) is 0 Å². The third-order valence-corrected chi connectivity index (χ3v) is 4.31. The van der Waals surface area contributed by atoms with Gasteiger partial charge in [0.2, 0.25) is 0 Å². The molecule has 0 saturated carbocycles. The summed E-state index contributed by atoms with van der Waals surface area (Å²) >= 11 is 0. The molecule has 0 atom stereocenters. The van der Waals surface area contributed by atoms with E-state index in [1.54, 1.807) is 41.9 Å². The second-order valence-corrected chi connectivity index (χ2v) is 6.35. The van der Waals surface area contributed by atoms with Crippen LogP contribution in [0.1, 0.15) is 27.3 Å². The fraction of sp³-hybridized carbons (Fsp3) is 0.316. The molecule has 7 heteroatoms. The zero-order valence-electron chi connectivity index (χ0n) is 15.5. The van der Waals surface area contributed by atoms with Crippen molar-refractivity contribution in [3.63, 3.8) is 0 Å². The van der Waals surface area contributed by atoms with E-state index in [9.17, 15) is 9.18 Å². The second-order valence-electron chi connectivity index (χ2n) is 6.35. The van der Waals surface area contributed by atoms with Crippen molar-refractivity contribution < 1.29 is 13.9 Å². The molecule has 0 radical (unpaired) electrons. The monoisotopic (exact) mass is 356 g/mol. The molecule has 26 heavy (non-hydrogen) atoms. The molecule has 2 aromatic heterocycles. The van der Waals surface area contributed by atoms with E-state index in [4.69, 9.17) is 4.74 Å². The van der Waals surface area contributed by atoms with E-state index in [-0.39, 0.29) is 18.2 Å². The van der Waals surface area contributed by atoms with Gasteiger partial charge >= 0.3 is 0 Å². The number of amides is 1. The molecule has 6 nitrogen and oxygen atoms in total. The number of aromatic nitrogens is 3. The zero-order valence-corrected chi connectivity index (χ0v) is 15.5. The third-order valence-electron chi connectivity index (χ3n) is 4.31. The van der Waals surface area contributed by atoms with Crippen molar-refractivity contribution in [3.05, 3.63) is 52.6 Å². The largest absolute Gasteiger partial charge is 0.494 e. The Hall–Kier alpha value is -2.96. The molecule has 0 unspecified atom stereocenters. The summed E-state index contributed by atoms with van der Waals surface area (Å²) in [7, 11) is 4.92. The minimum absolute atomic E-state index is 0.159. The highest BCUT2D eigenvalue weighted by Crippen LogP contribution is 2.24. The highest BCUT2D eigenvalue weighted by molar-refractivity contribution is 6.06. The minimum Gasteiger partial charge on any atom is -0.494 e. The topological polar surface area (TPSA) is 60.2 Å². The number of rotatable bonds is 4. The molecule has 0 aliphatic carbocycles. The number of hydrogen-bond donors (Lipinski definition) is 0. The summed E-state index contributed by atoms with van der Waals surface area (Å²) in [5.41, 5.74) is 3.41. The van der Waals surface area contributed by atoms with Crippen molar-refractivity contribution in [2.45, 2.75) is 20.4 Å². The Morgan fingerprint density at radius 3 is 2.69 bits per heavy atom. The lowest BCUT2D eigenvalue weighted by Crippen LogP contribution is -2.26. The number of halogens is 1. The molecule has 3 aromatic rings. The molecule has 1 amide bonds. The smallest absolute Gasteiger partial charge is 0.254 e. The minimum atomic E-state index is -0.448. The molecule has 2 heterocycles. The molecule has 136 valence electrons. The van der Waals surface area contributed by atoms with Crippen molar-refractivity contribution in [3.8, 4) is 5.75 Å². The lowest BCUT2D eigenvalue weighted by molar-refractivity contribution is 0.0786. The molecule has 1 aromatic carbocycles. The number of carbonyl (C=O) groups excluding carboxylic acids is 1. The van der Waals surface area contributed by atoms with Crippen LogP contribution in [-0.2, 0) is 13.6 Å². The van der Waals surface area contributed by atoms with Gasteiger partial charge in [0.15, 0.2) is 17.2 Å². The maximum absolute atomic E-state index is 13.9. The average molecular weight is 356 g/mol. The molecule has 0 bridgehead atoms. The summed E-state index contributed by atoms with van der Waals surface area (Å²) < 4.78 is 20.5. The summed E-state index contributed by atoms with van der Waals surface area (Å²) in [5.74, 6) is -0.427. The van der Waals surface area contributed by atoms with Crippen LogP contribution in [0.5, 0.6) is 5.75 Å². The first-order chi connectivity index (χ1) is 12.3. The molecule has 0 aliphatic heterocycles. The van der Waals surface area contributed by atoms with Gasteiger partial charge in [0.1, 0.15) is 0 Å². The lowest BCUT2D eigenvalue weighted by atomic mass is 10.1. The number of hydrogen-bond acceptors (Lipinski definition) is 4. The first-order valence-corrected chi connectivity index (χ1v) is 8.20. The van der Waals surface area contributed by atoms with E-state index < -0.39 is 5.82 Å². The predicted octanol–water partition coefficient (Wildman–Crippen LogP) is 3.01. The van der Waals surface area contributed by atoms with Crippen molar-refractivity contribution in [1.29, 1.82) is 0 Å². The highest BCUT2D eigenvalue weighted by Gasteiger charge is 2.20. The van der Waals surface area contributed by atoms with Crippen LogP contribution < -0.4 is 4.74 Å². The number of fused-ring (bicyclic) bond motifs is 1. The Labute approximate surface area is 151 Å². The van der Waals surface area contributed by atoms with Gasteiger partial charge < -0.3 is 9.64 Å². The number of methoxy groups -OCH3 is 1. The van der Waals surface area contributed by atoms with E-state index in [1.807, 2.05) is 13.8 Å². The van der Waals surface area contributed by atoms with Crippen LogP contribution in [0.15, 0.2) is 24.3 Å². The van der Waals surface area contributed by atoms with E-state index >= 15 is 0 Å². The average Bonchev–Trinajstić information content (AvgIpc) is 2.87. The SMILES string of the molecule is COc1ccc(CN(C)C(=O)c2cc(C)nc3c2c(C)nn3C)cc1F. The maximum Gasteiger partial charge on any atom is 0.254 e. The highest BCUT2D eigenvalue weighted by atomic mass is 19.1. The normalized spacial score (nSPS) is 11.0. The van der Waals surface area contributed by atoms with Gasteiger partial charge in [0.25, 0.3) is 5.91 Å². The van der Waals surface area contributed by atoms with Crippen molar-refractivity contribution in [2.75, 3.05) is 14.2 Å². The summed E-state index contributed by atoms with van der Waals surface area (Å²) in [6.45, 7) is 3.98. The van der Waals surface area contributed by atoms with Gasteiger partial charge in [-0.3, -0.25) is 9.48 Å². The standard InChI is InChI=1S/C19H21FN4O2/c1-11-8-14(17-12(2)22-24(4)18(17)21-11)19(25)23(3)10-13-6-7-16(26-5)15(20)9-13/h6-9H,10H2,1-5H3. The van der Waals surface area contributed by atoms with Crippen LogP contribution in [0.4, 0.5) is 4.39 Å². The van der Waals surface area contributed by atoms with E-state index in [2.05, 4.69) is 10.1 Å². The zero-order chi connectivity index (χ0) is 19.0. The lowest BCUT2D eigenvalue weighted by Gasteiger charge is -2.18. The Bertz CT molecular complexity index is 997. The van der Waals surface area contributed by atoms with E-state index in [1.165, 1.54) is 13.2 Å². The molecule has 0 fully saturated rings. The van der Waals surface area contributed by atoms with Gasteiger partial charge in [0.05, 0.1) is 23.8 Å². The van der Waals surface area contributed by atoms with Crippen molar-refractivity contribution >= 4 is 16.9 Å². The third kappa shape index (κ3) is 3.12. The van der Waals surface area contributed by atoms with Crippen molar-refractivity contribution in [2.24, 2.45) is 7.05 Å². The first kappa shape index (κ1) is 17.8. The number of nitrogens with zero attached hydrogens (tertiary/aromatic N) is 4. The van der Waals surface area contributed by atoms with Gasteiger partial charge in [-0.2, -0.15) is 5.10 Å². The number of ether oxygens (including phenoxy) is 1. The van der Waals surface area contributed by atoms with Crippen LogP contribution in [0.2, 0.25) is 0 Å². The van der Waals surface area contributed by atoms with E-state index in [0.717, 1.165) is 16.8 Å². The molecule has 0 spiro atoms. The van der Waals surface area contributed by atoms with Gasteiger partial charge in [0, 0.05) is 26.3 Å². The number of carbonyl (C=O) groups is 1. The fourth-order valence-electron chi connectivity index (χ4n) is 3.10. The second kappa shape index (κ2) is 6.74. The molecule has 0 saturated heterocycles. The van der Waals surface area contributed by atoms with Crippen LogP contribution in [0.3, 0.4) is 0 Å². The van der Waals surface area contributed by atoms with Crippen LogP contribution >= 0.6 is 0 Å². The van der Waals surface area contributed by atoms with Crippen LogP contribution in [0.25, 0.3) is 11.0 Å². The Kier molecular flexibility index (Phi) is 4.63. The molecule has 0 N–H and O–H groups in total. The summed E-state index contributed by atoms with van der Waals surface area (Å²) in [4.78, 5) is 19.1. The maximum atomic E-state index is 13.9. The Morgan fingerprint density at radius 1 is 1.31 bits per heavy atom. The Morgan fingerprint density at radius 2 is 2.04 bits per heavy atom. The summed E-state index contributed by atoms with van der Waals surface area (Å²) in [6.07, 6.45) is 0. The summed E-state index contributed by atoms with van der Waals surface area (Å²) in [5, 5.41) is 5.11. The van der Waals surface area contributed by atoms with Crippen LogP contribution in [0, 0.1) is 19.7 Å². The Balaban J connectivity index is 1.94.